The van der Waals surface area contributed by atoms with E-state index in [1.165, 1.54) is 34.8 Å². The summed E-state index contributed by atoms with van der Waals surface area (Å²) in [5.41, 5.74) is 1.94. The van der Waals surface area contributed by atoms with Crippen molar-refractivity contribution in [2.75, 3.05) is 15.4 Å². The molecule has 0 unspecified atom stereocenters. The number of carbonyl (C=O) groups excluding carboxylic acids is 1. The number of amides is 1. The van der Waals surface area contributed by atoms with E-state index in [0.29, 0.717) is 33.5 Å². The number of hydrogen-bond donors (Lipinski definition) is 3. The van der Waals surface area contributed by atoms with Crippen molar-refractivity contribution in [1.29, 1.82) is 0 Å². The van der Waals surface area contributed by atoms with Crippen LogP contribution in [0.5, 0.6) is 0 Å². The van der Waals surface area contributed by atoms with Gasteiger partial charge in [0.1, 0.15) is 9.88 Å². The molecule has 0 saturated carbocycles. The summed E-state index contributed by atoms with van der Waals surface area (Å²) in [6.45, 7) is 3.69. The van der Waals surface area contributed by atoms with Crippen LogP contribution in [0.15, 0.2) is 59.5 Å². The van der Waals surface area contributed by atoms with Gasteiger partial charge in [-0.05, 0) is 49.7 Å². The van der Waals surface area contributed by atoms with Gasteiger partial charge >= 0.3 is 0 Å². The summed E-state index contributed by atoms with van der Waals surface area (Å²) in [4.78, 5) is 17.6. The van der Waals surface area contributed by atoms with E-state index in [-0.39, 0.29) is 15.9 Å². The van der Waals surface area contributed by atoms with Crippen LogP contribution in [0, 0.1) is 6.92 Å². The maximum atomic E-state index is 12.6. The average Bonchev–Trinajstić information content (AvgIpc) is 3.40. The lowest BCUT2D eigenvalue weighted by Crippen LogP contribution is -2.12. The van der Waals surface area contributed by atoms with E-state index in [2.05, 4.69) is 30.5 Å². The molecule has 0 aliphatic rings. The summed E-state index contributed by atoms with van der Waals surface area (Å²) in [5, 5.41) is 15.2. The standard InChI is InChI=1S/C21H20N6O3S3/c1-3-17-25-26-21(31-17)27-33(29,30)16-11-9-15(10-12-16)24-20-22-13(2)18(32-20)19(28)23-14-7-5-4-6-8-14/h4-12H,3H2,1-2H3,(H,22,24)(H,23,28)(H,26,27). The Labute approximate surface area is 199 Å². The molecule has 2 aromatic heterocycles. The summed E-state index contributed by atoms with van der Waals surface area (Å²) < 4.78 is 27.6. The number of nitrogens with zero attached hydrogens (tertiary/aromatic N) is 3. The van der Waals surface area contributed by atoms with Gasteiger partial charge in [0, 0.05) is 11.4 Å². The first-order valence-corrected chi connectivity index (χ1v) is 13.0. The fourth-order valence-corrected chi connectivity index (χ4v) is 5.61. The Morgan fingerprint density at radius 2 is 1.67 bits per heavy atom. The Morgan fingerprint density at radius 3 is 2.33 bits per heavy atom. The number of aromatic nitrogens is 3. The van der Waals surface area contributed by atoms with Gasteiger partial charge in [0.25, 0.3) is 15.9 Å². The highest BCUT2D eigenvalue weighted by Gasteiger charge is 2.18. The molecule has 0 aliphatic heterocycles. The number of hydrogen-bond acceptors (Lipinski definition) is 9. The Morgan fingerprint density at radius 1 is 0.939 bits per heavy atom. The predicted octanol–water partition coefficient (Wildman–Crippen LogP) is 4.66. The fourth-order valence-electron chi connectivity index (χ4n) is 2.82. The van der Waals surface area contributed by atoms with Gasteiger partial charge in [-0.3, -0.25) is 9.52 Å². The van der Waals surface area contributed by atoms with Gasteiger partial charge < -0.3 is 10.6 Å². The molecule has 0 radical (unpaired) electrons. The molecule has 9 nitrogen and oxygen atoms in total. The van der Waals surface area contributed by atoms with Crippen molar-refractivity contribution in [3.05, 3.63) is 70.2 Å². The number of para-hydroxylation sites is 1. The third-order valence-electron chi connectivity index (χ3n) is 4.44. The Balaban J connectivity index is 1.43. The largest absolute Gasteiger partial charge is 0.332 e. The molecule has 170 valence electrons. The number of rotatable bonds is 8. The lowest BCUT2D eigenvalue weighted by molar-refractivity contribution is 0.103. The third kappa shape index (κ3) is 5.53. The topological polar surface area (TPSA) is 126 Å². The van der Waals surface area contributed by atoms with Gasteiger partial charge in [-0.15, -0.1) is 10.2 Å². The Hall–Kier alpha value is -3.35. The fraction of sp³-hybridized carbons (Fsp3) is 0.143. The smallest absolute Gasteiger partial charge is 0.267 e. The van der Waals surface area contributed by atoms with E-state index < -0.39 is 10.0 Å². The summed E-state index contributed by atoms with van der Waals surface area (Å²) >= 11 is 2.42. The molecule has 12 heteroatoms. The van der Waals surface area contributed by atoms with Crippen molar-refractivity contribution in [2.45, 2.75) is 25.2 Å². The average molecular weight is 501 g/mol. The van der Waals surface area contributed by atoms with Crippen molar-refractivity contribution in [3.63, 3.8) is 0 Å². The van der Waals surface area contributed by atoms with Crippen molar-refractivity contribution in [1.82, 2.24) is 15.2 Å². The van der Waals surface area contributed by atoms with Gasteiger partial charge in [0.05, 0.1) is 10.6 Å². The number of nitrogens with one attached hydrogen (secondary N) is 3. The Kier molecular flexibility index (Phi) is 6.67. The van der Waals surface area contributed by atoms with Crippen LogP contribution in [0.1, 0.15) is 27.3 Å². The van der Waals surface area contributed by atoms with Gasteiger partial charge in [0.15, 0.2) is 5.13 Å². The summed E-state index contributed by atoms with van der Waals surface area (Å²) in [6, 6.07) is 15.4. The Bertz CT molecular complexity index is 1370. The number of carbonyl (C=O) groups is 1. The van der Waals surface area contributed by atoms with Gasteiger partial charge in [0.2, 0.25) is 5.13 Å². The molecule has 0 spiro atoms. The van der Waals surface area contributed by atoms with Crippen LogP contribution in [0.4, 0.5) is 21.6 Å². The molecule has 0 fully saturated rings. The molecular formula is C21H20N6O3S3. The number of sulfonamides is 1. The maximum absolute atomic E-state index is 12.6. The van der Waals surface area contributed by atoms with Crippen molar-refractivity contribution in [2.24, 2.45) is 0 Å². The van der Waals surface area contributed by atoms with Crippen LogP contribution in [-0.4, -0.2) is 29.5 Å². The number of thiazole rings is 1. The minimum absolute atomic E-state index is 0.0968. The van der Waals surface area contributed by atoms with Crippen LogP contribution >= 0.6 is 22.7 Å². The normalized spacial score (nSPS) is 11.2. The molecule has 2 aromatic carbocycles. The van der Waals surface area contributed by atoms with Crippen molar-refractivity contribution >= 4 is 60.2 Å². The van der Waals surface area contributed by atoms with E-state index in [1.807, 2.05) is 37.3 Å². The highest BCUT2D eigenvalue weighted by Crippen LogP contribution is 2.28. The molecule has 0 bridgehead atoms. The van der Waals surface area contributed by atoms with Gasteiger partial charge in [-0.25, -0.2) is 13.4 Å². The second-order valence-electron chi connectivity index (χ2n) is 6.86. The minimum Gasteiger partial charge on any atom is -0.332 e. The highest BCUT2D eigenvalue weighted by atomic mass is 32.2. The second-order valence-corrected chi connectivity index (χ2v) is 10.6. The van der Waals surface area contributed by atoms with Crippen molar-refractivity contribution in [3.8, 4) is 0 Å². The molecular weight excluding hydrogens is 480 g/mol. The zero-order valence-electron chi connectivity index (χ0n) is 17.7. The van der Waals surface area contributed by atoms with Crippen molar-refractivity contribution < 1.29 is 13.2 Å². The minimum atomic E-state index is -3.78. The first-order valence-electron chi connectivity index (χ1n) is 9.90. The van der Waals surface area contributed by atoms with E-state index in [4.69, 9.17) is 0 Å². The van der Waals surface area contributed by atoms with Crippen LogP contribution in [0.25, 0.3) is 0 Å². The highest BCUT2D eigenvalue weighted by molar-refractivity contribution is 7.93. The van der Waals surface area contributed by atoms with E-state index in [1.54, 1.807) is 19.1 Å². The SMILES string of the molecule is CCc1nnc(NS(=O)(=O)c2ccc(Nc3nc(C)c(C(=O)Nc4ccccc4)s3)cc2)s1. The number of aryl methyl sites for hydroxylation is 2. The van der Waals surface area contributed by atoms with E-state index >= 15 is 0 Å². The monoisotopic (exact) mass is 500 g/mol. The predicted molar refractivity (Wildman–Crippen MR) is 131 cm³/mol. The molecule has 4 rings (SSSR count). The summed E-state index contributed by atoms with van der Waals surface area (Å²) in [5.74, 6) is -0.236. The molecule has 0 saturated heterocycles. The second kappa shape index (κ2) is 9.65. The summed E-state index contributed by atoms with van der Waals surface area (Å²) in [7, 11) is -3.78. The molecule has 2 heterocycles. The number of benzene rings is 2. The molecule has 0 atom stereocenters. The van der Waals surface area contributed by atoms with Crippen LogP contribution < -0.4 is 15.4 Å². The molecule has 0 aliphatic carbocycles. The molecule has 4 aromatic rings. The van der Waals surface area contributed by atoms with E-state index in [0.717, 1.165) is 5.01 Å². The van der Waals surface area contributed by atoms with Crippen LogP contribution in [0.2, 0.25) is 0 Å². The van der Waals surface area contributed by atoms with Gasteiger partial charge in [-0.2, -0.15) is 0 Å². The lowest BCUT2D eigenvalue weighted by atomic mass is 10.3. The summed E-state index contributed by atoms with van der Waals surface area (Å²) in [6.07, 6.45) is 0.686. The quantitative estimate of drug-likeness (QED) is 0.321. The first-order chi connectivity index (χ1) is 15.8. The lowest BCUT2D eigenvalue weighted by Gasteiger charge is -2.07. The van der Waals surface area contributed by atoms with E-state index in [9.17, 15) is 13.2 Å². The first kappa shape index (κ1) is 22.8. The molecule has 33 heavy (non-hydrogen) atoms. The zero-order valence-corrected chi connectivity index (χ0v) is 20.1. The van der Waals surface area contributed by atoms with Gasteiger partial charge in [-0.1, -0.05) is 47.8 Å². The third-order valence-corrected chi connectivity index (χ3v) is 7.98. The molecule has 1 amide bonds. The van der Waals surface area contributed by atoms with Crippen LogP contribution in [-0.2, 0) is 16.4 Å². The molecule has 3 N–H and O–H groups in total. The maximum Gasteiger partial charge on any atom is 0.267 e. The zero-order chi connectivity index (χ0) is 23.4. The number of anilines is 4. The van der Waals surface area contributed by atoms with Crippen LogP contribution in [0.3, 0.4) is 0 Å².